The summed E-state index contributed by atoms with van der Waals surface area (Å²) >= 11 is 0. The molecule has 0 aromatic rings. The summed E-state index contributed by atoms with van der Waals surface area (Å²) in [5.41, 5.74) is 0. The van der Waals surface area contributed by atoms with E-state index >= 15 is 0 Å². The number of hydrogen-bond donors (Lipinski definition) is 0. The van der Waals surface area contributed by atoms with E-state index in [-0.39, 0.29) is 6.10 Å². The zero-order valence-electron chi connectivity index (χ0n) is 5.39. The lowest BCUT2D eigenvalue weighted by Crippen LogP contribution is -2.14. The Balaban J connectivity index is 2.19. The zero-order chi connectivity index (χ0) is 5.98. The second kappa shape index (κ2) is 2.49. The van der Waals surface area contributed by atoms with Crippen LogP contribution in [0.1, 0.15) is 32.6 Å². The first-order valence-corrected chi connectivity index (χ1v) is 3.45. The van der Waals surface area contributed by atoms with E-state index in [0.29, 0.717) is 0 Å². The molecular formula is C7H13O. The summed E-state index contributed by atoms with van der Waals surface area (Å²) in [6, 6.07) is 0. The molecule has 0 aromatic heterocycles. The molecule has 0 bridgehead atoms. The summed E-state index contributed by atoms with van der Waals surface area (Å²) in [5.74, 6) is 0.820. The molecule has 0 saturated heterocycles. The van der Waals surface area contributed by atoms with Gasteiger partial charge < -0.3 is 0 Å². The molecule has 1 fully saturated rings. The Morgan fingerprint density at radius 1 is 1.12 bits per heavy atom. The minimum Gasteiger partial charge on any atom is -0.233 e. The maximum absolute atomic E-state index is 10.7. The van der Waals surface area contributed by atoms with Gasteiger partial charge in [-0.3, -0.25) is 0 Å². The van der Waals surface area contributed by atoms with Crippen molar-refractivity contribution < 1.29 is 5.11 Å². The largest absolute Gasteiger partial charge is 0.233 e. The molecule has 0 spiro atoms. The first-order valence-electron chi connectivity index (χ1n) is 3.45. The van der Waals surface area contributed by atoms with Crippen molar-refractivity contribution in [3.63, 3.8) is 0 Å². The summed E-state index contributed by atoms with van der Waals surface area (Å²) in [7, 11) is 0. The van der Waals surface area contributed by atoms with Crippen molar-refractivity contribution in [2.45, 2.75) is 38.7 Å². The Labute approximate surface area is 50.7 Å². The molecule has 0 N–H and O–H groups in total. The molecule has 1 nitrogen and oxygen atoms in total. The van der Waals surface area contributed by atoms with Crippen molar-refractivity contribution >= 4 is 0 Å². The maximum atomic E-state index is 10.7. The minimum atomic E-state index is -0.230. The average molecular weight is 113 g/mol. The van der Waals surface area contributed by atoms with Gasteiger partial charge in [0.05, 0.1) is 6.10 Å². The highest BCUT2D eigenvalue weighted by Gasteiger charge is 2.15. The third-order valence-corrected chi connectivity index (χ3v) is 1.96. The van der Waals surface area contributed by atoms with Crippen LogP contribution in [0.15, 0.2) is 0 Å². The van der Waals surface area contributed by atoms with Gasteiger partial charge in [0, 0.05) is 0 Å². The zero-order valence-corrected chi connectivity index (χ0v) is 5.39. The van der Waals surface area contributed by atoms with Crippen LogP contribution in [0.2, 0.25) is 0 Å². The summed E-state index contributed by atoms with van der Waals surface area (Å²) in [6.45, 7) is 2.23. The lowest BCUT2D eigenvalue weighted by atomic mass is 9.89. The monoisotopic (exact) mass is 113 g/mol. The Hall–Kier alpha value is -0.0400. The van der Waals surface area contributed by atoms with E-state index in [1.165, 1.54) is 0 Å². The smallest absolute Gasteiger partial charge is 0.0930 e. The molecule has 1 radical (unpaired) electrons. The van der Waals surface area contributed by atoms with E-state index in [0.717, 1.165) is 31.6 Å². The van der Waals surface area contributed by atoms with Crippen molar-refractivity contribution in [2.75, 3.05) is 0 Å². The van der Waals surface area contributed by atoms with Gasteiger partial charge in [0.15, 0.2) is 0 Å². The van der Waals surface area contributed by atoms with Crippen molar-refractivity contribution in [3.8, 4) is 0 Å². The maximum Gasteiger partial charge on any atom is 0.0930 e. The molecule has 1 saturated carbocycles. The average Bonchev–Trinajstić information content (AvgIpc) is 1.77. The van der Waals surface area contributed by atoms with Crippen LogP contribution in [0.4, 0.5) is 0 Å². The molecule has 0 heterocycles. The second-order valence-electron chi connectivity index (χ2n) is 2.88. The molecule has 47 valence electrons. The van der Waals surface area contributed by atoms with Crippen LogP contribution in [0.25, 0.3) is 0 Å². The molecule has 0 aromatic carbocycles. The first kappa shape index (κ1) is 6.09. The first-order chi connectivity index (χ1) is 3.79. The third-order valence-electron chi connectivity index (χ3n) is 1.96. The van der Waals surface area contributed by atoms with Crippen molar-refractivity contribution in [1.29, 1.82) is 0 Å². The van der Waals surface area contributed by atoms with Crippen molar-refractivity contribution in [3.05, 3.63) is 0 Å². The highest BCUT2D eigenvalue weighted by atomic mass is 16.3. The molecule has 1 aliphatic rings. The quantitative estimate of drug-likeness (QED) is 0.458. The molecule has 1 heteroatoms. The van der Waals surface area contributed by atoms with Crippen molar-refractivity contribution in [2.24, 2.45) is 5.92 Å². The Kier molecular flexibility index (Phi) is 1.90. The number of rotatable bonds is 0. The Morgan fingerprint density at radius 2 is 1.62 bits per heavy atom. The Bertz CT molecular complexity index is 52.8. The van der Waals surface area contributed by atoms with Gasteiger partial charge in [-0.15, -0.1) is 0 Å². The molecule has 0 atom stereocenters. The molecule has 1 aliphatic carbocycles. The minimum absolute atomic E-state index is 0.230. The van der Waals surface area contributed by atoms with E-state index in [9.17, 15) is 5.11 Å². The van der Waals surface area contributed by atoms with Gasteiger partial charge in [0.1, 0.15) is 0 Å². The van der Waals surface area contributed by atoms with Crippen LogP contribution in [0.5, 0.6) is 0 Å². The molecule has 0 aliphatic heterocycles. The van der Waals surface area contributed by atoms with E-state index in [4.69, 9.17) is 0 Å². The molecule has 0 unspecified atom stereocenters. The highest BCUT2D eigenvalue weighted by Crippen LogP contribution is 2.23. The fourth-order valence-corrected chi connectivity index (χ4v) is 1.23. The van der Waals surface area contributed by atoms with Gasteiger partial charge in [-0.25, -0.2) is 5.11 Å². The van der Waals surface area contributed by atoms with Gasteiger partial charge in [0.2, 0.25) is 0 Å². The lowest BCUT2D eigenvalue weighted by Gasteiger charge is -2.19. The van der Waals surface area contributed by atoms with Crippen LogP contribution in [0, 0.1) is 5.92 Å². The van der Waals surface area contributed by atoms with Crippen molar-refractivity contribution in [1.82, 2.24) is 0 Å². The SMILES string of the molecule is C[C@H]1CC[C@@H]([O])CC1. The second-order valence-corrected chi connectivity index (χ2v) is 2.88. The predicted octanol–water partition coefficient (Wildman–Crippen LogP) is 2.00. The standard InChI is InChI=1S/C7H13O/c1-6-2-4-7(8)5-3-6/h6-7H,2-5H2,1H3/t6-,7+. The van der Waals surface area contributed by atoms with Gasteiger partial charge in [-0.05, 0) is 31.6 Å². The molecule has 1 rings (SSSR count). The molecule has 8 heavy (non-hydrogen) atoms. The number of hydrogen-bond acceptors (Lipinski definition) is 0. The topological polar surface area (TPSA) is 19.9 Å². The van der Waals surface area contributed by atoms with Crippen LogP contribution < -0.4 is 0 Å². The van der Waals surface area contributed by atoms with Crippen LogP contribution in [-0.4, -0.2) is 6.10 Å². The Morgan fingerprint density at radius 3 is 2.00 bits per heavy atom. The van der Waals surface area contributed by atoms with Crippen LogP contribution >= 0.6 is 0 Å². The fraction of sp³-hybridized carbons (Fsp3) is 1.00. The summed E-state index contributed by atoms with van der Waals surface area (Å²) in [6.07, 6.45) is 3.93. The van der Waals surface area contributed by atoms with E-state index < -0.39 is 0 Å². The third kappa shape index (κ3) is 1.48. The summed E-state index contributed by atoms with van der Waals surface area (Å²) in [4.78, 5) is 0. The van der Waals surface area contributed by atoms with Gasteiger partial charge in [0.25, 0.3) is 0 Å². The summed E-state index contributed by atoms with van der Waals surface area (Å²) < 4.78 is 0. The summed E-state index contributed by atoms with van der Waals surface area (Å²) in [5, 5.41) is 10.7. The van der Waals surface area contributed by atoms with Gasteiger partial charge in [-0.2, -0.15) is 0 Å². The predicted molar refractivity (Wildman–Crippen MR) is 32.1 cm³/mol. The van der Waals surface area contributed by atoms with Crippen LogP contribution in [0.3, 0.4) is 0 Å². The highest BCUT2D eigenvalue weighted by molar-refractivity contribution is 4.67. The lowest BCUT2D eigenvalue weighted by molar-refractivity contribution is 0.0449. The van der Waals surface area contributed by atoms with E-state index in [1.807, 2.05) is 0 Å². The van der Waals surface area contributed by atoms with E-state index in [2.05, 4.69) is 6.92 Å². The molecular weight excluding hydrogens is 100 g/mol. The van der Waals surface area contributed by atoms with E-state index in [1.54, 1.807) is 0 Å². The van der Waals surface area contributed by atoms with Crippen LogP contribution in [-0.2, 0) is 5.11 Å². The van der Waals surface area contributed by atoms with Gasteiger partial charge in [-0.1, -0.05) is 6.92 Å². The van der Waals surface area contributed by atoms with Gasteiger partial charge >= 0.3 is 0 Å². The molecule has 0 amide bonds. The normalized spacial score (nSPS) is 39.8. The fourth-order valence-electron chi connectivity index (χ4n) is 1.23.